The summed E-state index contributed by atoms with van der Waals surface area (Å²) in [6.45, 7) is 0. The third-order valence-electron chi connectivity index (χ3n) is 3.90. The van der Waals surface area contributed by atoms with E-state index in [9.17, 15) is 31.1 Å². The van der Waals surface area contributed by atoms with Crippen molar-refractivity contribution in [2.24, 2.45) is 0 Å². The number of carbonyl (C=O) groups is 1. The molecule has 0 aliphatic carbocycles. The van der Waals surface area contributed by atoms with E-state index in [1.165, 1.54) is 12.1 Å². The van der Waals surface area contributed by atoms with Gasteiger partial charge in [-0.3, -0.25) is 0 Å². The highest BCUT2D eigenvalue weighted by atomic mass is 19.4. The zero-order valence-electron chi connectivity index (χ0n) is 12.4. The van der Waals surface area contributed by atoms with Crippen LogP contribution in [0, 0.1) is 0 Å². The Morgan fingerprint density at radius 1 is 0.880 bits per heavy atom. The molecule has 3 rings (SSSR count). The minimum Gasteiger partial charge on any atom is -0.454 e. The molecule has 0 spiro atoms. The molecule has 1 aliphatic rings. The monoisotopic (exact) mass is 360 g/mol. The van der Waals surface area contributed by atoms with Gasteiger partial charge in [0.2, 0.25) is 0 Å². The van der Waals surface area contributed by atoms with E-state index in [1.54, 1.807) is 0 Å². The van der Waals surface area contributed by atoms with Crippen molar-refractivity contribution in [3.8, 4) is 0 Å². The molecular formula is C17H10F6O2. The fraction of sp³-hybridized carbons (Fsp3) is 0.235. The Morgan fingerprint density at radius 2 is 1.52 bits per heavy atom. The van der Waals surface area contributed by atoms with E-state index in [1.807, 2.05) is 0 Å². The number of benzene rings is 2. The molecule has 0 saturated heterocycles. The summed E-state index contributed by atoms with van der Waals surface area (Å²) in [5.41, 5.74) is -1.67. The van der Waals surface area contributed by atoms with Crippen LogP contribution in [0.15, 0.2) is 42.5 Å². The third kappa shape index (κ3) is 3.47. The van der Waals surface area contributed by atoms with Gasteiger partial charge in [-0.05, 0) is 35.4 Å². The van der Waals surface area contributed by atoms with Gasteiger partial charge in [-0.2, -0.15) is 26.3 Å². The summed E-state index contributed by atoms with van der Waals surface area (Å²) in [6.07, 6.45) is -10.1. The number of fused-ring (bicyclic) bond motifs is 1. The summed E-state index contributed by atoms with van der Waals surface area (Å²) in [7, 11) is 0. The maximum atomic E-state index is 12.8. The van der Waals surface area contributed by atoms with Crippen LogP contribution in [0.4, 0.5) is 26.3 Å². The van der Waals surface area contributed by atoms with Crippen LogP contribution in [0.3, 0.4) is 0 Å². The number of esters is 1. The van der Waals surface area contributed by atoms with Crippen LogP contribution in [0.2, 0.25) is 0 Å². The van der Waals surface area contributed by atoms with Crippen molar-refractivity contribution >= 4 is 5.97 Å². The Balaban J connectivity index is 1.94. The zero-order chi connectivity index (χ0) is 18.4. The van der Waals surface area contributed by atoms with Crippen molar-refractivity contribution in [3.05, 3.63) is 70.3 Å². The molecule has 2 nitrogen and oxygen atoms in total. The van der Waals surface area contributed by atoms with Crippen LogP contribution >= 0.6 is 0 Å². The average molecular weight is 360 g/mol. The number of carbonyl (C=O) groups excluding carboxylic acids is 1. The SMILES string of the molecule is O=C1OC(c2cccc(C(F)(F)F)c2)Cc2ccc(C(F)(F)F)cc21. The Hall–Kier alpha value is -2.51. The second-order valence-corrected chi connectivity index (χ2v) is 5.59. The predicted molar refractivity (Wildman–Crippen MR) is 74.7 cm³/mol. The lowest BCUT2D eigenvalue weighted by Crippen LogP contribution is -2.23. The second kappa shape index (κ2) is 5.79. The van der Waals surface area contributed by atoms with Crippen molar-refractivity contribution in [3.63, 3.8) is 0 Å². The lowest BCUT2D eigenvalue weighted by Gasteiger charge is -2.26. The Bertz CT molecular complexity index is 823. The van der Waals surface area contributed by atoms with Gasteiger partial charge >= 0.3 is 18.3 Å². The van der Waals surface area contributed by atoms with Crippen LogP contribution in [-0.4, -0.2) is 5.97 Å². The first-order valence-electron chi connectivity index (χ1n) is 7.14. The molecule has 1 atom stereocenters. The van der Waals surface area contributed by atoms with Crippen molar-refractivity contribution in [1.29, 1.82) is 0 Å². The highest BCUT2D eigenvalue weighted by molar-refractivity contribution is 5.92. The Kier molecular flexibility index (Phi) is 4.01. The smallest absolute Gasteiger partial charge is 0.416 e. The molecule has 0 aromatic heterocycles. The van der Waals surface area contributed by atoms with Gasteiger partial charge in [0.15, 0.2) is 0 Å². The molecule has 1 aliphatic heterocycles. The molecule has 0 saturated carbocycles. The van der Waals surface area contributed by atoms with Crippen molar-refractivity contribution in [2.75, 3.05) is 0 Å². The molecule has 25 heavy (non-hydrogen) atoms. The van der Waals surface area contributed by atoms with E-state index in [0.29, 0.717) is 11.6 Å². The van der Waals surface area contributed by atoms with Crippen LogP contribution in [0.25, 0.3) is 0 Å². The Morgan fingerprint density at radius 3 is 2.16 bits per heavy atom. The van der Waals surface area contributed by atoms with Crippen LogP contribution in [0.1, 0.15) is 38.7 Å². The van der Waals surface area contributed by atoms with Crippen LogP contribution in [0.5, 0.6) is 0 Å². The quantitative estimate of drug-likeness (QED) is 0.518. The molecule has 2 aromatic rings. The maximum Gasteiger partial charge on any atom is 0.416 e. The van der Waals surface area contributed by atoms with Gasteiger partial charge in [0, 0.05) is 6.42 Å². The van der Waals surface area contributed by atoms with Crippen molar-refractivity contribution in [1.82, 2.24) is 0 Å². The molecule has 0 fully saturated rings. The van der Waals surface area contributed by atoms with Gasteiger partial charge in [0.25, 0.3) is 0 Å². The highest BCUT2D eigenvalue weighted by Crippen LogP contribution is 2.37. The normalized spacial score (nSPS) is 17.8. The van der Waals surface area contributed by atoms with Gasteiger partial charge in [-0.15, -0.1) is 0 Å². The molecule has 132 valence electrons. The van der Waals surface area contributed by atoms with Gasteiger partial charge in [0.05, 0.1) is 16.7 Å². The fourth-order valence-electron chi connectivity index (χ4n) is 2.66. The zero-order valence-corrected chi connectivity index (χ0v) is 12.4. The molecule has 0 bridgehead atoms. The number of halogens is 6. The fourth-order valence-corrected chi connectivity index (χ4v) is 2.66. The van der Waals surface area contributed by atoms with Crippen LogP contribution in [-0.2, 0) is 23.5 Å². The lowest BCUT2D eigenvalue weighted by molar-refractivity contribution is -0.138. The predicted octanol–water partition coefficient (Wildman–Crippen LogP) is 5.18. The molecule has 0 radical (unpaired) electrons. The standard InChI is InChI=1S/C17H10F6O2/c18-16(19,20)11-3-1-2-10(6-11)14-7-9-4-5-12(17(21,22)23)8-13(9)15(24)25-14/h1-6,8,14H,7H2. The molecule has 0 amide bonds. The Labute approximate surface area is 138 Å². The van der Waals surface area contributed by atoms with E-state index < -0.39 is 35.6 Å². The highest BCUT2D eigenvalue weighted by Gasteiger charge is 2.35. The van der Waals surface area contributed by atoms with Crippen molar-refractivity contribution < 1.29 is 35.9 Å². The van der Waals surface area contributed by atoms with Gasteiger partial charge in [0.1, 0.15) is 6.10 Å². The summed E-state index contributed by atoms with van der Waals surface area (Å²) in [5.74, 6) is -0.991. The first-order valence-corrected chi connectivity index (χ1v) is 7.14. The topological polar surface area (TPSA) is 26.3 Å². The first kappa shape index (κ1) is 17.3. The van der Waals surface area contributed by atoms with E-state index >= 15 is 0 Å². The molecule has 1 unspecified atom stereocenters. The lowest BCUT2D eigenvalue weighted by atomic mass is 9.92. The number of ether oxygens (including phenoxy) is 1. The second-order valence-electron chi connectivity index (χ2n) is 5.59. The number of rotatable bonds is 1. The summed E-state index contributed by atoms with van der Waals surface area (Å²) in [4.78, 5) is 12.0. The summed E-state index contributed by atoms with van der Waals surface area (Å²) in [6, 6.07) is 7.00. The minimum absolute atomic E-state index is 0.000517. The maximum absolute atomic E-state index is 12.8. The summed E-state index contributed by atoms with van der Waals surface area (Å²) >= 11 is 0. The van der Waals surface area contributed by atoms with E-state index in [4.69, 9.17) is 4.74 Å². The van der Waals surface area contributed by atoms with E-state index in [2.05, 4.69) is 0 Å². The number of cyclic esters (lactones) is 1. The van der Waals surface area contributed by atoms with E-state index in [0.717, 1.165) is 24.3 Å². The third-order valence-corrected chi connectivity index (χ3v) is 3.90. The van der Waals surface area contributed by atoms with E-state index in [-0.39, 0.29) is 17.5 Å². The number of hydrogen-bond acceptors (Lipinski definition) is 2. The number of alkyl halides is 6. The van der Waals surface area contributed by atoms with Crippen molar-refractivity contribution in [2.45, 2.75) is 24.9 Å². The average Bonchev–Trinajstić information content (AvgIpc) is 2.53. The molecule has 2 aromatic carbocycles. The first-order chi connectivity index (χ1) is 11.6. The molecule has 1 heterocycles. The molecule has 0 N–H and O–H groups in total. The summed E-state index contributed by atoms with van der Waals surface area (Å²) in [5, 5.41) is 0. The van der Waals surface area contributed by atoms with Gasteiger partial charge < -0.3 is 4.74 Å². The summed E-state index contributed by atoms with van der Waals surface area (Å²) < 4.78 is 81.6. The van der Waals surface area contributed by atoms with Crippen LogP contribution < -0.4 is 0 Å². The largest absolute Gasteiger partial charge is 0.454 e. The minimum atomic E-state index is -4.60. The number of hydrogen-bond donors (Lipinski definition) is 0. The molecular weight excluding hydrogens is 350 g/mol. The van der Waals surface area contributed by atoms with Gasteiger partial charge in [-0.25, -0.2) is 4.79 Å². The van der Waals surface area contributed by atoms with Gasteiger partial charge in [-0.1, -0.05) is 18.2 Å². The molecule has 8 heteroatoms.